The molecule has 2 heterocycles. The zero-order chi connectivity index (χ0) is 19.5. The number of nitrogens with zero attached hydrogens (tertiary/aromatic N) is 5. The summed E-state index contributed by atoms with van der Waals surface area (Å²) in [6, 6.07) is 17.0. The maximum absolute atomic E-state index is 9.54. The quantitative estimate of drug-likeness (QED) is 0.539. The van der Waals surface area contributed by atoms with Crippen LogP contribution >= 0.6 is 11.6 Å². The van der Waals surface area contributed by atoms with E-state index in [1.807, 2.05) is 60.2 Å². The molecule has 0 unspecified atom stereocenters. The van der Waals surface area contributed by atoms with Crippen molar-refractivity contribution in [1.82, 2.24) is 19.5 Å². The van der Waals surface area contributed by atoms with E-state index >= 15 is 0 Å². The molecule has 4 aromatic rings. The van der Waals surface area contributed by atoms with Gasteiger partial charge in [0.15, 0.2) is 0 Å². The molecule has 1 N–H and O–H groups in total. The highest BCUT2D eigenvalue weighted by atomic mass is 35.5. The Kier molecular flexibility index (Phi) is 4.75. The van der Waals surface area contributed by atoms with E-state index in [2.05, 4.69) is 26.3 Å². The second kappa shape index (κ2) is 7.51. The number of rotatable bonds is 4. The average molecular weight is 387 g/mol. The summed E-state index contributed by atoms with van der Waals surface area (Å²) >= 11 is 5.95. The first-order valence-electron chi connectivity index (χ1n) is 8.53. The van der Waals surface area contributed by atoms with Crippen LogP contribution in [0.15, 0.2) is 67.3 Å². The van der Waals surface area contributed by atoms with Gasteiger partial charge in [0.2, 0.25) is 5.95 Å². The van der Waals surface area contributed by atoms with Gasteiger partial charge in [0.05, 0.1) is 29.0 Å². The molecule has 0 aliphatic carbocycles. The molecule has 2 aromatic carbocycles. The van der Waals surface area contributed by atoms with Crippen molar-refractivity contribution in [1.29, 1.82) is 5.26 Å². The molecule has 0 fully saturated rings. The van der Waals surface area contributed by atoms with Crippen molar-refractivity contribution in [2.75, 3.05) is 5.32 Å². The number of halogens is 1. The van der Waals surface area contributed by atoms with Gasteiger partial charge in [-0.3, -0.25) is 0 Å². The Hall–Kier alpha value is -3.69. The molecule has 6 nitrogen and oxygen atoms in total. The Balaban J connectivity index is 1.62. The predicted molar refractivity (Wildman–Crippen MR) is 109 cm³/mol. The van der Waals surface area contributed by atoms with Crippen LogP contribution in [0.1, 0.15) is 11.3 Å². The molecule has 2 aromatic heterocycles. The molecule has 4 rings (SSSR count). The molecule has 0 saturated heterocycles. The van der Waals surface area contributed by atoms with Gasteiger partial charge < -0.3 is 9.88 Å². The predicted octanol–water partition coefficient (Wildman–Crippen LogP) is 4.91. The van der Waals surface area contributed by atoms with Crippen LogP contribution < -0.4 is 5.32 Å². The molecule has 0 aliphatic rings. The second-order valence-corrected chi connectivity index (χ2v) is 6.60. The highest BCUT2D eigenvalue weighted by Crippen LogP contribution is 2.23. The minimum atomic E-state index is 0.447. The molecule has 7 heteroatoms. The summed E-state index contributed by atoms with van der Waals surface area (Å²) < 4.78 is 1.83. The minimum Gasteiger partial charge on any atom is -0.324 e. The number of aryl methyl sites for hydroxylation is 1. The molecule has 0 aliphatic heterocycles. The van der Waals surface area contributed by atoms with Crippen LogP contribution in [0.2, 0.25) is 5.02 Å². The zero-order valence-corrected chi connectivity index (χ0v) is 15.7. The maximum Gasteiger partial charge on any atom is 0.227 e. The van der Waals surface area contributed by atoms with Gasteiger partial charge in [0.25, 0.3) is 0 Å². The number of anilines is 2. The topological polar surface area (TPSA) is 79.4 Å². The van der Waals surface area contributed by atoms with E-state index in [9.17, 15) is 5.26 Å². The van der Waals surface area contributed by atoms with Gasteiger partial charge >= 0.3 is 0 Å². The summed E-state index contributed by atoms with van der Waals surface area (Å²) in [5, 5.41) is 13.4. The molecule has 0 spiro atoms. The van der Waals surface area contributed by atoms with Crippen molar-refractivity contribution in [2.45, 2.75) is 6.92 Å². The van der Waals surface area contributed by atoms with E-state index in [-0.39, 0.29) is 0 Å². The van der Waals surface area contributed by atoms with Gasteiger partial charge in [-0.25, -0.2) is 15.0 Å². The van der Waals surface area contributed by atoms with Crippen molar-refractivity contribution < 1.29 is 0 Å². The summed E-state index contributed by atoms with van der Waals surface area (Å²) in [6.45, 7) is 1.91. The maximum atomic E-state index is 9.54. The van der Waals surface area contributed by atoms with E-state index in [4.69, 9.17) is 11.6 Å². The second-order valence-electron chi connectivity index (χ2n) is 6.16. The third-order valence-corrected chi connectivity index (χ3v) is 4.41. The Morgan fingerprint density at radius 2 is 1.89 bits per heavy atom. The summed E-state index contributed by atoms with van der Waals surface area (Å²) in [5.74, 6) is 0.447. The SMILES string of the molecule is Cc1cn(-c2ccc(Nc3nccc(-c4ccc(Cl)cc4)n3)cc2C#N)cn1. The zero-order valence-electron chi connectivity index (χ0n) is 15.0. The molecule has 0 atom stereocenters. The van der Waals surface area contributed by atoms with Gasteiger partial charge in [-0.2, -0.15) is 5.26 Å². The molecule has 136 valence electrons. The Morgan fingerprint density at radius 1 is 1.07 bits per heavy atom. The van der Waals surface area contributed by atoms with E-state index in [0.29, 0.717) is 16.5 Å². The summed E-state index contributed by atoms with van der Waals surface area (Å²) in [6.07, 6.45) is 5.26. The Bertz CT molecular complexity index is 1170. The van der Waals surface area contributed by atoms with Crippen LogP contribution in [0.5, 0.6) is 0 Å². The van der Waals surface area contributed by atoms with Crippen molar-refractivity contribution in [3.63, 3.8) is 0 Å². The van der Waals surface area contributed by atoms with Crippen LogP contribution in [-0.4, -0.2) is 19.5 Å². The van der Waals surface area contributed by atoms with E-state index in [0.717, 1.165) is 28.3 Å². The molecular weight excluding hydrogens is 372 g/mol. The minimum absolute atomic E-state index is 0.447. The number of nitriles is 1. The summed E-state index contributed by atoms with van der Waals surface area (Å²) in [5.41, 5.74) is 4.63. The van der Waals surface area contributed by atoms with Crippen molar-refractivity contribution >= 4 is 23.2 Å². The van der Waals surface area contributed by atoms with Crippen molar-refractivity contribution in [3.05, 3.63) is 83.5 Å². The summed E-state index contributed by atoms with van der Waals surface area (Å²) in [7, 11) is 0. The van der Waals surface area contributed by atoms with E-state index in [1.54, 1.807) is 18.6 Å². The molecule has 0 radical (unpaired) electrons. The number of imidazole rings is 1. The van der Waals surface area contributed by atoms with Crippen molar-refractivity contribution in [3.8, 4) is 23.0 Å². The average Bonchev–Trinajstić information content (AvgIpc) is 3.15. The van der Waals surface area contributed by atoms with Crippen LogP contribution in [-0.2, 0) is 0 Å². The van der Waals surface area contributed by atoms with E-state index < -0.39 is 0 Å². The van der Waals surface area contributed by atoms with Gasteiger partial charge in [-0.1, -0.05) is 23.7 Å². The van der Waals surface area contributed by atoms with Gasteiger partial charge in [-0.15, -0.1) is 0 Å². The first-order valence-corrected chi connectivity index (χ1v) is 8.91. The number of aromatic nitrogens is 4. The molecule has 0 saturated carbocycles. The van der Waals surface area contributed by atoms with Gasteiger partial charge in [0, 0.05) is 28.7 Å². The third-order valence-electron chi connectivity index (χ3n) is 4.16. The Labute approximate surface area is 167 Å². The fraction of sp³-hybridized carbons (Fsp3) is 0.0476. The van der Waals surface area contributed by atoms with Crippen molar-refractivity contribution in [2.24, 2.45) is 0 Å². The van der Waals surface area contributed by atoms with Crippen LogP contribution in [0, 0.1) is 18.3 Å². The van der Waals surface area contributed by atoms with Crippen LogP contribution in [0.3, 0.4) is 0 Å². The lowest BCUT2D eigenvalue weighted by Crippen LogP contribution is -2.00. The Morgan fingerprint density at radius 3 is 2.61 bits per heavy atom. The highest BCUT2D eigenvalue weighted by molar-refractivity contribution is 6.30. The van der Waals surface area contributed by atoms with E-state index in [1.165, 1.54) is 0 Å². The molecule has 0 bridgehead atoms. The standard InChI is InChI=1S/C21H15ClN6/c1-14-12-28(13-25-14)20-7-6-18(10-16(20)11-23)26-21-24-9-8-19(27-21)15-2-4-17(22)5-3-15/h2-10,12-13H,1H3,(H,24,26,27). The normalized spacial score (nSPS) is 10.5. The van der Waals surface area contributed by atoms with Crippen LogP contribution in [0.4, 0.5) is 11.6 Å². The lowest BCUT2D eigenvalue weighted by atomic mass is 10.1. The fourth-order valence-corrected chi connectivity index (χ4v) is 2.94. The largest absolute Gasteiger partial charge is 0.324 e. The number of hydrogen-bond donors (Lipinski definition) is 1. The number of benzene rings is 2. The number of nitrogens with one attached hydrogen (secondary N) is 1. The first kappa shape index (κ1) is 17.7. The number of hydrogen-bond acceptors (Lipinski definition) is 5. The highest BCUT2D eigenvalue weighted by Gasteiger charge is 2.08. The lowest BCUT2D eigenvalue weighted by molar-refractivity contribution is 1.05. The molecule has 28 heavy (non-hydrogen) atoms. The monoisotopic (exact) mass is 386 g/mol. The van der Waals surface area contributed by atoms with Gasteiger partial charge in [0.1, 0.15) is 6.07 Å². The lowest BCUT2D eigenvalue weighted by Gasteiger charge is -2.10. The third kappa shape index (κ3) is 3.70. The molecule has 0 amide bonds. The molecular formula is C21H15ClN6. The fourth-order valence-electron chi connectivity index (χ4n) is 2.81. The first-order chi connectivity index (χ1) is 13.6. The van der Waals surface area contributed by atoms with Gasteiger partial charge in [-0.05, 0) is 43.3 Å². The summed E-state index contributed by atoms with van der Waals surface area (Å²) in [4.78, 5) is 13.0. The smallest absolute Gasteiger partial charge is 0.227 e. The van der Waals surface area contributed by atoms with Crippen LogP contribution in [0.25, 0.3) is 16.9 Å².